The van der Waals surface area contributed by atoms with Crippen LogP contribution in [0.1, 0.15) is 12.5 Å². The molecule has 0 heterocycles. The summed E-state index contributed by atoms with van der Waals surface area (Å²) < 4.78 is 0. The first-order chi connectivity index (χ1) is 6.06. The third-order valence-electron chi connectivity index (χ3n) is 1.67. The van der Waals surface area contributed by atoms with E-state index in [2.05, 4.69) is 0 Å². The number of halogens is 2. The number of nitrogens with zero attached hydrogens (tertiary/aromatic N) is 1. The molecule has 0 atom stereocenters. The fourth-order valence-corrected chi connectivity index (χ4v) is 1.38. The second kappa shape index (κ2) is 3.94. The second-order valence-electron chi connectivity index (χ2n) is 2.52. The Morgan fingerprint density at radius 1 is 1.46 bits per heavy atom. The molecular formula is C8H7Cl2NO2. The minimum Gasteiger partial charge on any atom is -0.258 e. The van der Waals surface area contributed by atoms with E-state index in [-0.39, 0.29) is 15.7 Å². The van der Waals surface area contributed by atoms with Crippen LogP contribution >= 0.6 is 23.2 Å². The topological polar surface area (TPSA) is 43.1 Å². The van der Waals surface area contributed by atoms with Gasteiger partial charge in [0.25, 0.3) is 5.69 Å². The standard InChI is InChI=1S/C8H7Cl2NO2/c1-2-5-3-6(9)8(10)7(4-5)11(12)13/h3-4H,2H2,1H3. The molecule has 3 nitrogen and oxygen atoms in total. The van der Waals surface area contributed by atoms with E-state index < -0.39 is 4.92 Å². The zero-order valence-corrected chi connectivity index (χ0v) is 8.39. The Hall–Kier alpha value is -0.800. The number of nitro groups is 1. The normalized spacial score (nSPS) is 10.1. The van der Waals surface area contributed by atoms with Gasteiger partial charge < -0.3 is 0 Å². The van der Waals surface area contributed by atoms with Crippen molar-refractivity contribution in [3.63, 3.8) is 0 Å². The summed E-state index contributed by atoms with van der Waals surface area (Å²) in [5.41, 5.74) is 0.673. The molecule has 0 saturated heterocycles. The lowest BCUT2D eigenvalue weighted by Gasteiger charge is -2.01. The first-order valence-electron chi connectivity index (χ1n) is 3.68. The van der Waals surface area contributed by atoms with Crippen LogP contribution in [-0.2, 0) is 6.42 Å². The van der Waals surface area contributed by atoms with Crippen LogP contribution < -0.4 is 0 Å². The van der Waals surface area contributed by atoms with E-state index in [1.165, 1.54) is 6.07 Å². The number of rotatable bonds is 2. The fraction of sp³-hybridized carbons (Fsp3) is 0.250. The summed E-state index contributed by atoms with van der Waals surface area (Å²) >= 11 is 11.3. The molecule has 0 saturated carbocycles. The van der Waals surface area contributed by atoms with Crippen LogP contribution in [-0.4, -0.2) is 4.92 Å². The van der Waals surface area contributed by atoms with Crippen molar-refractivity contribution >= 4 is 28.9 Å². The first kappa shape index (κ1) is 10.3. The molecule has 1 aromatic rings. The van der Waals surface area contributed by atoms with Crippen molar-refractivity contribution in [1.29, 1.82) is 0 Å². The summed E-state index contributed by atoms with van der Waals surface area (Å²) in [4.78, 5) is 9.97. The van der Waals surface area contributed by atoms with Crippen molar-refractivity contribution in [2.24, 2.45) is 0 Å². The van der Waals surface area contributed by atoms with Crippen molar-refractivity contribution in [2.45, 2.75) is 13.3 Å². The molecule has 0 radical (unpaired) electrons. The molecule has 70 valence electrons. The molecule has 0 fully saturated rings. The minimum atomic E-state index is -0.534. The predicted molar refractivity (Wildman–Crippen MR) is 52.5 cm³/mol. The van der Waals surface area contributed by atoms with Gasteiger partial charge in [-0.05, 0) is 18.1 Å². The molecule has 0 aliphatic carbocycles. The summed E-state index contributed by atoms with van der Waals surface area (Å²) in [7, 11) is 0. The second-order valence-corrected chi connectivity index (χ2v) is 3.31. The Morgan fingerprint density at radius 3 is 2.54 bits per heavy atom. The van der Waals surface area contributed by atoms with Crippen LogP contribution in [0.25, 0.3) is 0 Å². The summed E-state index contributed by atoms with van der Waals surface area (Å²) in [6, 6.07) is 3.07. The Kier molecular flexibility index (Phi) is 3.12. The molecule has 0 aliphatic rings. The van der Waals surface area contributed by atoms with Crippen LogP contribution in [0.3, 0.4) is 0 Å². The number of nitro benzene ring substituents is 1. The maximum Gasteiger partial charge on any atom is 0.289 e. The number of hydrogen-bond acceptors (Lipinski definition) is 2. The molecule has 0 amide bonds. The zero-order chi connectivity index (χ0) is 10.0. The highest BCUT2D eigenvalue weighted by Gasteiger charge is 2.16. The van der Waals surface area contributed by atoms with Gasteiger partial charge in [-0.15, -0.1) is 0 Å². The molecule has 0 aromatic heterocycles. The van der Waals surface area contributed by atoms with E-state index >= 15 is 0 Å². The first-order valence-corrected chi connectivity index (χ1v) is 4.44. The maximum absolute atomic E-state index is 10.5. The molecule has 1 aromatic carbocycles. The van der Waals surface area contributed by atoms with Gasteiger partial charge in [0.05, 0.1) is 9.95 Å². The van der Waals surface area contributed by atoms with Crippen LogP contribution in [0.5, 0.6) is 0 Å². The number of aryl methyl sites for hydroxylation is 1. The minimum absolute atomic E-state index is 0.00358. The molecule has 0 unspecified atom stereocenters. The molecule has 0 aliphatic heterocycles. The predicted octanol–water partition coefficient (Wildman–Crippen LogP) is 3.46. The van der Waals surface area contributed by atoms with Crippen LogP contribution in [0.15, 0.2) is 12.1 Å². The molecule has 1 rings (SSSR count). The smallest absolute Gasteiger partial charge is 0.258 e. The lowest BCUT2D eigenvalue weighted by Crippen LogP contribution is -1.92. The van der Waals surface area contributed by atoms with E-state index in [9.17, 15) is 10.1 Å². The quantitative estimate of drug-likeness (QED) is 0.565. The van der Waals surface area contributed by atoms with E-state index in [1.807, 2.05) is 6.92 Å². The maximum atomic E-state index is 10.5. The lowest BCUT2D eigenvalue weighted by molar-refractivity contribution is -0.384. The third-order valence-corrected chi connectivity index (χ3v) is 2.47. The average Bonchev–Trinajstić information content (AvgIpc) is 2.09. The molecular weight excluding hydrogens is 213 g/mol. The van der Waals surface area contributed by atoms with Crippen molar-refractivity contribution in [2.75, 3.05) is 0 Å². The van der Waals surface area contributed by atoms with Gasteiger partial charge in [-0.1, -0.05) is 30.1 Å². The molecule has 5 heteroatoms. The third kappa shape index (κ3) is 2.11. The Labute approximate surface area is 85.4 Å². The summed E-state index contributed by atoms with van der Waals surface area (Å²) in [6.07, 6.45) is 0.692. The van der Waals surface area contributed by atoms with Gasteiger partial charge in [0.15, 0.2) is 0 Å². The fourth-order valence-electron chi connectivity index (χ4n) is 0.966. The van der Waals surface area contributed by atoms with Gasteiger partial charge in [0.1, 0.15) is 5.02 Å². The average molecular weight is 220 g/mol. The largest absolute Gasteiger partial charge is 0.289 e. The van der Waals surface area contributed by atoms with Gasteiger partial charge in [-0.2, -0.15) is 0 Å². The lowest BCUT2D eigenvalue weighted by atomic mass is 10.1. The summed E-state index contributed by atoms with van der Waals surface area (Å²) in [5.74, 6) is 0. The van der Waals surface area contributed by atoms with E-state index in [4.69, 9.17) is 23.2 Å². The Morgan fingerprint density at radius 2 is 2.08 bits per heavy atom. The van der Waals surface area contributed by atoms with Crippen LogP contribution in [0.2, 0.25) is 10.0 Å². The Balaban J connectivity index is 3.33. The van der Waals surface area contributed by atoms with Gasteiger partial charge >= 0.3 is 0 Å². The number of benzene rings is 1. The summed E-state index contributed by atoms with van der Waals surface area (Å²) in [5, 5.41) is 10.7. The zero-order valence-electron chi connectivity index (χ0n) is 6.88. The van der Waals surface area contributed by atoms with Crippen LogP contribution in [0.4, 0.5) is 5.69 Å². The van der Waals surface area contributed by atoms with E-state index in [1.54, 1.807) is 6.07 Å². The number of hydrogen-bond donors (Lipinski definition) is 0. The van der Waals surface area contributed by atoms with Gasteiger partial charge in [0, 0.05) is 6.07 Å². The van der Waals surface area contributed by atoms with Crippen molar-refractivity contribution in [3.8, 4) is 0 Å². The van der Waals surface area contributed by atoms with Crippen molar-refractivity contribution in [3.05, 3.63) is 37.9 Å². The molecule has 0 spiro atoms. The van der Waals surface area contributed by atoms with Gasteiger partial charge in [0.2, 0.25) is 0 Å². The van der Waals surface area contributed by atoms with Gasteiger partial charge in [-0.25, -0.2) is 0 Å². The van der Waals surface area contributed by atoms with E-state index in [0.29, 0.717) is 6.42 Å². The summed E-state index contributed by atoms with van der Waals surface area (Å²) in [6.45, 7) is 1.89. The SMILES string of the molecule is CCc1cc(Cl)c(Cl)c([N+](=O)[O-])c1. The molecule has 13 heavy (non-hydrogen) atoms. The van der Waals surface area contributed by atoms with Crippen molar-refractivity contribution in [1.82, 2.24) is 0 Å². The van der Waals surface area contributed by atoms with E-state index in [0.717, 1.165) is 5.56 Å². The highest BCUT2D eigenvalue weighted by molar-refractivity contribution is 6.43. The van der Waals surface area contributed by atoms with Crippen LogP contribution in [0, 0.1) is 10.1 Å². The highest BCUT2D eigenvalue weighted by Crippen LogP contribution is 2.33. The molecule has 0 bridgehead atoms. The monoisotopic (exact) mass is 219 g/mol. The van der Waals surface area contributed by atoms with Gasteiger partial charge in [-0.3, -0.25) is 10.1 Å². The molecule has 0 N–H and O–H groups in total. The Bertz CT molecular complexity index is 352. The van der Waals surface area contributed by atoms with Crippen molar-refractivity contribution < 1.29 is 4.92 Å². The highest BCUT2D eigenvalue weighted by atomic mass is 35.5.